The number of aliphatic hydroxyl groups excluding tert-OH is 1. The lowest BCUT2D eigenvalue weighted by Crippen LogP contribution is -2.11. The standard InChI is InChI=1S/C5H11FO2/c1-8-3-2-5(7)4-6/h5,7H,2-4H2,1H3. The molecule has 50 valence electrons. The summed E-state index contributed by atoms with van der Waals surface area (Å²) in [6.07, 6.45) is -0.456. The van der Waals surface area contributed by atoms with E-state index in [0.717, 1.165) is 0 Å². The predicted molar refractivity (Wildman–Crippen MR) is 28.5 cm³/mol. The second-order valence-corrected chi connectivity index (χ2v) is 1.59. The van der Waals surface area contributed by atoms with E-state index in [0.29, 0.717) is 13.0 Å². The molecule has 0 saturated carbocycles. The Kier molecular flexibility index (Phi) is 4.90. The summed E-state index contributed by atoms with van der Waals surface area (Å²) in [5, 5.41) is 8.53. The molecule has 0 saturated heterocycles. The molecule has 0 aromatic rings. The highest BCUT2D eigenvalue weighted by Gasteiger charge is 1.99. The van der Waals surface area contributed by atoms with Gasteiger partial charge in [-0.1, -0.05) is 0 Å². The molecule has 0 aliphatic carbocycles. The Morgan fingerprint density at radius 2 is 2.38 bits per heavy atom. The van der Waals surface area contributed by atoms with Crippen molar-refractivity contribution in [3.05, 3.63) is 0 Å². The minimum atomic E-state index is -0.838. The highest BCUT2D eigenvalue weighted by atomic mass is 19.1. The van der Waals surface area contributed by atoms with Gasteiger partial charge in [-0.2, -0.15) is 0 Å². The van der Waals surface area contributed by atoms with Crippen LogP contribution in [0, 0.1) is 0 Å². The van der Waals surface area contributed by atoms with Gasteiger partial charge < -0.3 is 9.84 Å². The minimum Gasteiger partial charge on any atom is -0.390 e. The second kappa shape index (κ2) is 5.00. The quantitative estimate of drug-likeness (QED) is 0.583. The number of hydrogen-bond acceptors (Lipinski definition) is 2. The van der Waals surface area contributed by atoms with Crippen LogP contribution in [0.5, 0.6) is 0 Å². The van der Waals surface area contributed by atoms with Gasteiger partial charge in [0.1, 0.15) is 6.67 Å². The normalized spacial score (nSPS) is 13.9. The molecule has 0 bridgehead atoms. The van der Waals surface area contributed by atoms with Crippen LogP contribution in [-0.4, -0.2) is 31.6 Å². The fraction of sp³-hybridized carbons (Fsp3) is 1.00. The average molecular weight is 122 g/mol. The Morgan fingerprint density at radius 1 is 1.75 bits per heavy atom. The van der Waals surface area contributed by atoms with Crippen LogP contribution in [0.15, 0.2) is 0 Å². The van der Waals surface area contributed by atoms with Crippen LogP contribution in [0.25, 0.3) is 0 Å². The lowest BCUT2D eigenvalue weighted by Gasteiger charge is -2.02. The van der Waals surface area contributed by atoms with Crippen molar-refractivity contribution in [2.45, 2.75) is 12.5 Å². The summed E-state index contributed by atoms with van der Waals surface area (Å²) < 4.78 is 16.0. The molecule has 1 unspecified atom stereocenters. The maximum Gasteiger partial charge on any atom is 0.115 e. The molecular formula is C5H11FO2. The van der Waals surface area contributed by atoms with Crippen LogP contribution in [0.3, 0.4) is 0 Å². The van der Waals surface area contributed by atoms with E-state index in [1.807, 2.05) is 0 Å². The zero-order valence-electron chi connectivity index (χ0n) is 4.93. The molecule has 0 spiro atoms. The van der Waals surface area contributed by atoms with Gasteiger partial charge in [-0.25, -0.2) is 4.39 Å². The molecule has 0 aliphatic rings. The molecule has 0 heterocycles. The molecule has 1 atom stereocenters. The molecule has 1 N–H and O–H groups in total. The summed E-state index contributed by atoms with van der Waals surface area (Å²) in [7, 11) is 1.52. The third-order valence-corrected chi connectivity index (χ3v) is 0.833. The Balaban J connectivity index is 2.86. The molecule has 8 heavy (non-hydrogen) atoms. The number of hydrogen-bond donors (Lipinski definition) is 1. The van der Waals surface area contributed by atoms with Crippen molar-refractivity contribution in [3.8, 4) is 0 Å². The van der Waals surface area contributed by atoms with Crippen molar-refractivity contribution in [1.29, 1.82) is 0 Å². The first-order valence-corrected chi connectivity index (χ1v) is 2.54. The molecule has 0 aromatic heterocycles. The molecule has 0 fully saturated rings. The number of alkyl halides is 1. The highest BCUT2D eigenvalue weighted by molar-refractivity contribution is 4.49. The molecular weight excluding hydrogens is 111 g/mol. The molecule has 3 heteroatoms. The van der Waals surface area contributed by atoms with Crippen molar-refractivity contribution in [3.63, 3.8) is 0 Å². The average Bonchev–Trinajstić information content (AvgIpc) is 1.83. The fourth-order valence-electron chi connectivity index (χ4n) is 0.331. The molecule has 0 aliphatic heterocycles. The van der Waals surface area contributed by atoms with E-state index in [4.69, 9.17) is 5.11 Å². The van der Waals surface area contributed by atoms with Gasteiger partial charge in [0.15, 0.2) is 0 Å². The zero-order chi connectivity index (χ0) is 6.41. The van der Waals surface area contributed by atoms with Gasteiger partial charge in [0.05, 0.1) is 6.10 Å². The summed E-state index contributed by atoms with van der Waals surface area (Å²) in [4.78, 5) is 0. The van der Waals surface area contributed by atoms with Crippen molar-refractivity contribution < 1.29 is 14.2 Å². The van der Waals surface area contributed by atoms with Crippen LogP contribution in [0.4, 0.5) is 4.39 Å². The van der Waals surface area contributed by atoms with Crippen molar-refractivity contribution in [1.82, 2.24) is 0 Å². The van der Waals surface area contributed by atoms with E-state index in [9.17, 15) is 4.39 Å². The van der Waals surface area contributed by atoms with Gasteiger partial charge in [-0.3, -0.25) is 0 Å². The largest absolute Gasteiger partial charge is 0.390 e. The highest BCUT2D eigenvalue weighted by Crippen LogP contribution is 1.90. The van der Waals surface area contributed by atoms with E-state index in [1.54, 1.807) is 0 Å². The van der Waals surface area contributed by atoms with Gasteiger partial charge >= 0.3 is 0 Å². The summed E-state index contributed by atoms with van der Waals surface area (Å²) in [6.45, 7) is -0.256. The summed E-state index contributed by atoms with van der Waals surface area (Å²) in [6, 6.07) is 0. The van der Waals surface area contributed by atoms with Crippen molar-refractivity contribution >= 4 is 0 Å². The van der Waals surface area contributed by atoms with Crippen LogP contribution in [0.2, 0.25) is 0 Å². The molecule has 0 amide bonds. The van der Waals surface area contributed by atoms with E-state index in [1.165, 1.54) is 7.11 Å². The first-order valence-electron chi connectivity index (χ1n) is 2.54. The fourth-order valence-corrected chi connectivity index (χ4v) is 0.331. The van der Waals surface area contributed by atoms with Gasteiger partial charge in [-0.15, -0.1) is 0 Å². The first kappa shape index (κ1) is 7.85. The monoisotopic (exact) mass is 122 g/mol. The number of methoxy groups -OCH3 is 1. The predicted octanol–water partition coefficient (Wildman–Crippen LogP) is 0.353. The molecule has 2 nitrogen and oxygen atoms in total. The van der Waals surface area contributed by atoms with E-state index in [2.05, 4.69) is 4.74 Å². The van der Waals surface area contributed by atoms with Crippen molar-refractivity contribution in [2.75, 3.05) is 20.4 Å². The maximum atomic E-state index is 11.4. The van der Waals surface area contributed by atoms with E-state index >= 15 is 0 Å². The van der Waals surface area contributed by atoms with Crippen LogP contribution in [-0.2, 0) is 4.74 Å². The summed E-state index contributed by atoms with van der Waals surface area (Å²) in [5.74, 6) is 0. The number of ether oxygens (including phenoxy) is 1. The number of halogens is 1. The SMILES string of the molecule is COCCC(O)CF. The number of aliphatic hydroxyl groups is 1. The topological polar surface area (TPSA) is 29.5 Å². The Labute approximate surface area is 48.3 Å². The van der Waals surface area contributed by atoms with Crippen molar-refractivity contribution in [2.24, 2.45) is 0 Å². The molecule has 0 rings (SSSR count). The van der Waals surface area contributed by atoms with Crippen LogP contribution < -0.4 is 0 Å². The lowest BCUT2D eigenvalue weighted by molar-refractivity contribution is 0.0904. The Hall–Kier alpha value is -0.150. The summed E-state index contributed by atoms with van der Waals surface area (Å²) in [5.41, 5.74) is 0. The molecule has 0 radical (unpaired) electrons. The zero-order valence-corrected chi connectivity index (χ0v) is 4.93. The van der Waals surface area contributed by atoms with Crippen LogP contribution in [0.1, 0.15) is 6.42 Å². The smallest absolute Gasteiger partial charge is 0.115 e. The maximum absolute atomic E-state index is 11.4. The Morgan fingerprint density at radius 3 is 2.75 bits per heavy atom. The minimum absolute atomic E-state index is 0.382. The molecule has 0 aromatic carbocycles. The van der Waals surface area contributed by atoms with Gasteiger partial charge in [0.2, 0.25) is 0 Å². The second-order valence-electron chi connectivity index (χ2n) is 1.59. The van der Waals surface area contributed by atoms with E-state index in [-0.39, 0.29) is 0 Å². The van der Waals surface area contributed by atoms with Gasteiger partial charge in [0, 0.05) is 13.7 Å². The third-order valence-electron chi connectivity index (χ3n) is 0.833. The summed E-state index contributed by atoms with van der Waals surface area (Å²) >= 11 is 0. The van der Waals surface area contributed by atoms with Gasteiger partial charge in [-0.05, 0) is 6.42 Å². The van der Waals surface area contributed by atoms with Gasteiger partial charge in [0.25, 0.3) is 0 Å². The third kappa shape index (κ3) is 4.02. The first-order chi connectivity index (χ1) is 3.81. The Bertz CT molecular complexity index is 49.7. The number of rotatable bonds is 4. The lowest BCUT2D eigenvalue weighted by atomic mass is 10.3. The van der Waals surface area contributed by atoms with Crippen LogP contribution >= 0.6 is 0 Å². The van der Waals surface area contributed by atoms with E-state index < -0.39 is 12.8 Å².